The van der Waals surface area contributed by atoms with Crippen LogP contribution in [0.4, 0.5) is 0 Å². The topological polar surface area (TPSA) is 83.3 Å². The van der Waals surface area contributed by atoms with Gasteiger partial charge in [-0.15, -0.1) is 0 Å². The van der Waals surface area contributed by atoms with Gasteiger partial charge in [0.05, 0.1) is 12.1 Å². The Morgan fingerprint density at radius 2 is 1.76 bits per heavy atom. The first-order chi connectivity index (χ1) is 18.0. The van der Waals surface area contributed by atoms with Crippen LogP contribution >= 0.6 is 11.6 Å². The lowest BCUT2D eigenvalue weighted by atomic mass is 9.63. The second-order valence-corrected chi connectivity index (χ2v) is 12.1. The smallest absolute Gasteiger partial charge is 0.240 e. The first-order valence-electron chi connectivity index (χ1n) is 14.3. The minimum Gasteiger partial charge on any atom is -0.393 e. The Balaban J connectivity index is 1.28. The van der Waals surface area contributed by atoms with Crippen molar-refractivity contribution in [2.45, 2.75) is 102 Å². The van der Waals surface area contributed by atoms with Crippen LogP contribution in [0.2, 0.25) is 5.02 Å². The third-order valence-corrected chi connectivity index (χ3v) is 9.52. The van der Waals surface area contributed by atoms with Crippen LogP contribution in [0.3, 0.4) is 0 Å². The molecule has 2 aliphatic carbocycles. The molecule has 2 N–H and O–H groups in total. The van der Waals surface area contributed by atoms with Gasteiger partial charge < -0.3 is 15.3 Å². The maximum Gasteiger partial charge on any atom is 0.240 e. The fraction of sp³-hybridized carbons (Fsp3) is 0.690. The number of nitrogens with zero attached hydrogens (tertiary/aromatic N) is 4. The molecule has 2 aromatic rings. The van der Waals surface area contributed by atoms with E-state index in [-0.39, 0.29) is 29.5 Å². The number of nitrogens with one attached hydrogen (secondary N) is 1. The van der Waals surface area contributed by atoms with E-state index >= 15 is 0 Å². The summed E-state index contributed by atoms with van der Waals surface area (Å²) in [5, 5.41) is 18.8. The van der Waals surface area contributed by atoms with E-state index in [1.165, 1.54) is 32.1 Å². The van der Waals surface area contributed by atoms with Crippen molar-refractivity contribution in [1.29, 1.82) is 0 Å². The normalized spacial score (nSPS) is 25.6. The van der Waals surface area contributed by atoms with Crippen molar-refractivity contribution >= 4 is 17.5 Å². The summed E-state index contributed by atoms with van der Waals surface area (Å²) < 4.78 is 2.01. The van der Waals surface area contributed by atoms with E-state index in [1.54, 1.807) is 6.33 Å². The van der Waals surface area contributed by atoms with Gasteiger partial charge in [-0.3, -0.25) is 9.48 Å². The zero-order valence-corrected chi connectivity index (χ0v) is 22.7. The largest absolute Gasteiger partial charge is 0.393 e. The van der Waals surface area contributed by atoms with Crippen LogP contribution in [-0.2, 0) is 17.8 Å². The highest BCUT2D eigenvalue weighted by atomic mass is 35.5. The van der Waals surface area contributed by atoms with Crippen molar-refractivity contribution in [1.82, 2.24) is 25.0 Å². The molecule has 1 saturated heterocycles. The Labute approximate surface area is 226 Å². The highest BCUT2D eigenvalue weighted by molar-refractivity contribution is 6.30. The Morgan fingerprint density at radius 1 is 1.05 bits per heavy atom. The number of carbonyl (C=O) groups is 1. The molecule has 37 heavy (non-hydrogen) atoms. The van der Waals surface area contributed by atoms with Gasteiger partial charge in [-0.1, -0.05) is 43.0 Å². The summed E-state index contributed by atoms with van der Waals surface area (Å²) in [6.45, 7) is 2.50. The maximum atomic E-state index is 14.0. The number of aromatic nitrogens is 3. The van der Waals surface area contributed by atoms with E-state index in [9.17, 15) is 9.90 Å². The molecule has 3 fully saturated rings. The van der Waals surface area contributed by atoms with Gasteiger partial charge in [0.25, 0.3) is 0 Å². The van der Waals surface area contributed by atoms with E-state index in [2.05, 4.69) is 20.3 Å². The SMILES string of the molecule is O=C([C@@H](Cc1ccc(Cl)cc1)N[C@H]1CC[C@@H](O)CC1)N1CCC(Cn2cncn2)(C2CCCCC2)CC1. The van der Waals surface area contributed by atoms with Crippen LogP contribution in [-0.4, -0.2) is 62.0 Å². The number of aliphatic hydroxyl groups excluding tert-OH is 1. The Hall–Kier alpha value is -1.96. The predicted molar refractivity (Wildman–Crippen MR) is 145 cm³/mol. The number of hydrogen-bond donors (Lipinski definition) is 2. The molecule has 0 spiro atoms. The zero-order valence-electron chi connectivity index (χ0n) is 21.9. The van der Waals surface area contributed by atoms with Gasteiger partial charge >= 0.3 is 0 Å². The summed E-state index contributed by atoms with van der Waals surface area (Å²) >= 11 is 6.12. The van der Waals surface area contributed by atoms with Crippen molar-refractivity contribution in [3.63, 3.8) is 0 Å². The van der Waals surface area contributed by atoms with Crippen molar-refractivity contribution < 1.29 is 9.90 Å². The molecule has 0 unspecified atom stereocenters. The summed E-state index contributed by atoms with van der Waals surface area (Å²) in [7, 11) is 0. The Kier molecular flexibility index (Phi) is 8.83. The summed E-state index contributed by atoms with van der Waals surface area (Å²) in [6, 6.07) is 7.86. The minimum absolute atomic E-state index is 0.184. The third-order valence-electron chi connectivity index (χ3n) is 9.27. The lowest BCUT2D eigenvalue weighted by molar-refractivity contribution is -0.137. The summed E-state index contributed by atoms with van der Waals surface area (Å²) in [6.07, 6.45) is 15.9. The second kappa shape index (κ2) is 12.3. The number of hydrogen-bond acceptors (Lipinski definition) is 5. The van der Waals surface area contributed by atoms with Gasteiger partial charge in [-0.25, -0.2) is 4.98 Å². The van der Waals surface area contributed by atoms with Gasteiger partial charge in [0.15, 0.2) is 0 Å². The van der Waals surface area contributed by atoms with E-state index in [4.69, 9.17) is 11.6 Å². The molecule has 3 aliphatic rings. The molecule has 1 aromatic heterocycles. The van der Waals surface area contributed by atoms with Crippen LogP contribution in [0.1, 0.15) is 76.2 Å². The van der Waals surface area contributed by atoms with Gasteiger partial charge in [0.1, 0.15) is 12.7 Å². The molecule has 202 valence electrons. The van der Waals surface area contributed by atoms with Gasteiger partial charge in [-0.05, 0) is 86.8 Å². The second-order valence-electron chi connectivity index (χ2n) is 11.7. The number of benzene rings is 1. The quantitative estimate of drug-likeness (QED) is 0.523. The molecule has 1 amide bonds. The zero-order chi connectivity index (χ0) is 25.7. The summed E-state index contributed by atoms with van der Waals surface area (Å²) in [5.74, 6) is 0.901. The van der Waals surface area contributed by atoms with E-state index < -0.39 is 0 Å². The first kappa shape index (κ1) is 26.6. The molecule has 2 heterocycles. The monoisotopic (exact) mass is 527 g/mol. The summed E-state index contributed by atoms with van der Waals surface area (Å²) in [4.78, 5) is 20.3. The first-order valence-corrected chi connectivity index (χ1v) is 14.7. The van der Waals surface area contributed by atoms with Crippen LogP contribution in [0.25, 0.3) is 0 Å². The van der Waals surface area contributed by atoms with Crippen LogP contribution in [0, 0.1) is 11.3 Å². The Bertz CT molecular complexity index is 976. The van der Waals surface area contributed by atoms with Crippen molar-refractivity contribution in [3.05, 3.63) is 47.5 Å². The molecule has 2 saturated carbocycles. The molecule has 5 rings (SSSR count). The number of piperidine rings is 1. The number of amides is 1. The number of likely N-dealkylation sites (tertiary alicyclic amines) is 1. The third kappa shape index (κ3) is 6.73. The van der Waals surface area contributed by atoms with Crippen LogP contribution < -0.4 is 5.32 Å². The lowest BCUT2D eigenvalue weighted by Gasteiger charge is -2.48. The molecule has 7 nitrogen and oxygen atoms in total. The van der Waals surface area contributed by atoms with Crippen molar-refractivity contribution in [3.8, 4) is 0 Å². The van der Waals surface area contributed by atoms with E-state index in [0.717, 1.165) is 63.7 Å². The van der Waals surface area contributed by atoms with Crippen molar-refractivity contribution in [2.24, 2.45) is 11.3 Å². The predicted octanol–water partition coefficient (Wildman–Crippen LogP) is 4.63. The summed E-state index contributed by atoms with van der Waals surface area (Å²) in [5.41, 5.74) is 1.30. The highest BCUT2D eigenvalue weighted by Gasteiger charge is 2.43. The average molecular weight is 528 g/mol. The average Bonchev–Trinajstić information content (AvgIpc) is 3.44. The number of halogens is 1. The fourth-order valence-electron chi connectivity index (χ4n) is 7.04. The number of aliphatic hydroxyl groups is 1. The minimum atomic E-state index is -0.265. The molecular weight excluding hydrogens is 486 g/mol. The molecule has 0 radical (unpaired) electrons. The maximum absolute atomic E-state index is 14.0. The standard InChI is InChI=1S/C29H42ClN5O2/c30-24-8-6-22(7-9-24)18-27(33-25-10-12-26(36)13-11-25)28(37)34-16-14-29(15-17-34,19-35-21-31-20-32-35)23-4-2-1-3-5-23/h6-9,20-21,23,25-27,33,36H,1-5,10-19H2/t25-,26+,27-/m1/s1. The fourth-order valence-corrected chi connectivity index (χ4v) is 7.17. The molecular formula is C29H42ClN5O2. The van der Waals surface area contributed by atoms with E-state index in [0.29, 0.717) is 17.4 Å². The van der Waals surface area contributed by atoms with Crippen LogP contribution in [0.5, 0.6) is 0 Å². The Morgan fingerprint density at radius 3 is 2.41 bits per heavy atom. The van der Waals surface area contributed by atoms with Gasteiger partial charge in [0.2, 0.25) is 5.91 Å². The van der Waals surface area contributed by atoms with Gasteiger partial charge in [-0.2, -0.15) is 5.10 Å². The molecule has 1 aromatic carbocycles. The van der Waals surface area contributed by atoms with E-state index in [1.807, 2.05) is 35.3 Å². The van der Waals surface area contributed by atoms with Crippen molar-refractivity contribution in [2.75, 3.05) is 13.1 Å². The number of carbonyl (C=O) groups excluding carboxylic acids is 1. The molecule has 8 heteroatoms. The van der Waals surface area contributed by atoms with Gasteiger partial charge in [0, 0.05) is 30.7 Å². The molecule has 1 atom stereocenters. The number of rotatable bonds is 8. The highest BCUT2D eigenvalue weighted by Crippen LogP contribution is 2.47. The lowest BCUT2D eigenvalue weighted by Crippen LogP contribution is -2.55. The van der Waals surface area contributed by atoms with Crippen LogP contribution in [0.15, 0.2) is 36.9 Å². The molecule has 0 bridgehead atoms. The molecule has 1 aliphatic heterocycles.